The van der Waals surface area contributed by atoms with E-state index in [1.54, 1.807) is 30.3 Å². The molecule has 1 aliphatic rings. The summed E-state index contributed by atoms with van der Waals surface area (Å²) in [6, 6.07) is 11.3. The molecule has 0 fully saturated rings. The Morgan fingerprint density at radius 2 is 2.11 bits per heavy atom. The molecular formula is C18H14FN5O3. The van der Waals surface area contributed by atoms with E-state index in [1.165, 1.54) is 22.9 Å². The first kappa shape index (κ1) is 16.7. The van der Waals surface area contributed by atoms with Gasteiger partial charge in [-0.2, -0.15) is 4.68 Å². The lowest BCUT2D eigenvalue weighted by Gasteiger charge is -2.05. The van der Waals surface area contributed by atoms with Crippen molar-refractivity contribution in [1.82, 2.24) is 25.5 Å². The molecule has 1 N–H and O–H groups in total. The van der Waals surface area contributed by atoms with Crippen LogP contribution in [0.15, 0.2) is 48.5 Å². The Bertz CT molecular complexity index is 1020. The lowest BCUT2D eigenvalue weighted by atomic mass is 10.2. The molecule has 0 unspecified atom stereocenters. The molecule has 1 aromatic heterocycles. The molecule has 8 nitrogen and oxygen atoms in total. The normalized spacial score (nSPS) is 12.5. The van der Waals surface area contributed by atoms with E-state index in [4.69, 9.17) is 9.47 Å². The van der Waals surface area contributed by atoms with E-state index in [9.17, 15) is 9.18 Å². The molecule has 0 radical (unpaired) electrons. The summed E-state index contributed by atoms with van der Waals surface area (Å²) in [6.45, 7) is 0.289. The third kappa shape index (κ3) is 3.76. The first-order valence-electron chi connectivity index (χ1n) is 8.08. The molecule has 0 saturated carbocycles. The van der Waals surface area contributed by atoms with E-state index >= 15 is 0 Å². The van der Waals surface area contributed by atoms with Gasteiger partial charge in [0.25, 0.3) is 0 Å². The summed E-state index contributed by atoms with van der Waals surface area (Å²) >= 11 is 0. The third-order valence-corrected chi connectivity index (χ3v) is 3.83. The zero-order valence-corrected chi connectivity index (χ0v) is 14.0. The summed E-state index contributed by atoms with van der Waals surface area (Å²) in [5.41, 5.74) is 1.28. The number of hydrogen-bond acceptors (Lipinski definition) is 6. The van der Waals surface area contributed by atoms with Gasteiger partial charge in [-0.25, -0.2) is 4.39 Å². The Kier molecular flexibility index (Phi) is 4.48. The number of nitrogens with one attached hydrogen (secondary N) is 1. The quantitative estimate of drug-likeness (QED) is 0.692. The number of fused-ring (bicyclic) bond motifs is 1. The van der Waals surface area contributed by atoms with Gasteiger partial charge in [0, 0.05) is 6.08 Å². The molecule has 0 atom stereocenters. The van der Waals surface area contributed by atoms with Crippen LogP contribution in [0, 0.1) is 5.82 Å². The molecule has 0 aliphatic carbocycles. The average molecular weight is 367 g/mol. The second-order valence-electron chi connectivity index (χ2n) is 5.65. The molecule has 2 aromatic carbocycles. The number of nitrogens with zero attached hydrogens (tertiary/aromatic N) is 4. The van der Waals surface area contributed by atoms with Crippen LogP contribution in [0.5, 0.6) is 11.5 Å². The summed E-state index contributed by atoms with van der Waals surface area (Å²) in [6.07, 6.45) is 3.06. The van der Waals surface area contributed by atoms with Gasteiger partial charge in [-0.1, -0.05) is 12.1 Å². The van der Waals surface area contributed by atoms with Crippen LogP contribution in [0.2, 0.25) is 0 Å². The van der Waals surface area contributed by atoms with E-state index in [2.05, 4.69) is 20.8 Å². The minimum atomic E-state index is -0.398. The highest BCUT2D eigenvalue weighted by molar-refractivity contribution is 5.91. The molecule has 9 heteroatoms. The van der Waals surface area contributed by atoms with Crippen LogP contribution in [-0.4, -0.2) is 32.9 Å². The SMILES string of the molecule is O=C(C=Cc1ccc2c(c1)OCO2)NCc1nnnn1-c1cccc(F)c1. The molecule has 0 saturated heterocycles. The van der Waals surface area contributed by atoms with Gasteiger partial charge in [-0.3, -0.25) is 4.79 Å². The number of benzene rings is 2. The fraction of sp³-hybridized carbons (Fsp3) is 0.111. The van der Waals surface area contributed by atoms with E-state index in [0.717, 1.165) is 5.56 Å². The highest BCUT2D eigenvalue weighted by Gasteiger charge is 2.13. The van der Waals surface area contributed by atoms with Crippen molar-refractivity contribution in [1.29, 1.82) is 0 Å². The summed E-state index contributed by atoms with van der Waals surface area (Å²) < 4.78 is 25.3. The van der Waals surface area contributed by atoms with Gasteiger partial charge in [0.15, 0.2) is 17.3 Å². The van der Waals surface area contributed by atoms with E-state index < -0.39 is 5.82 Å². The van der Waals surface area contributed by atoms with Crippen molar-refractivity contribution in [3.8, 4) is 17.2 Å². The maximum atomic E-state index is 13.4. The Morgan fingerprint density at radius 3 is 3.00 bits per heavy atom. The molecule has 136 valence electrons. The van der Waals surface area contributed by atoms with Gasteiger partial charge in [0.05, 0.1) is 12.2 Å². The van der Waals surface area contributed by atoms with Crippen molar-refractivity contribution in [2.45, 2.75) is 6.54 Å². The number of rotatable bonds is 5. The monoisotopic (exact) mass is 367 g/mol. The Hall–Kier alpha value is -3.75. The van der Waals surface area contributed by atoms with Crippen LogP contribution in [0.4, 0.5) is 4.39 Å². The zero-order valence-electron chi connectivity index (χ0n) is 14.0. The van der Waals surface area contributed by atoms with Crippen molar-refractivity contribution >= 4 is 12.0 Å². The van der Waals surface area contributed by atoms with Crippen molar-refractivity contribution in [2.75, 3.05) is 6.79 Å². The van der Waals surface area contributed by atoms with Gasteiger partial charge in [0.2, 0.25) is 12.7 Å². The fourth-order valence-electron chi connectivity index (χ4n) is 2.54. The standard InChI is InChI=1S/C18H14FN5O3/c19-13-2-1-3-14(9-13)24-17(21-22-23-24)10-20-18(25)7-5-12-4-6-15-16(8-12)27-11-26-15/h1-9H,10-11H2,(H,20,25). The minimum Gasteiger partial charge on any atom is -0.454 e. The predicted octanol–water partition coefficient (Wildman–Crippen LogP) is 1.86. The Balaban J connectivity index is 1.39. The van der Waals surface area contributed by atoms with Crippen LogP contribution in [0.3, 0.4) is 0 Å². The molecule has 2 heterocycles. The smallest absolute Gasteiger partial charge is 0.244 e. The zero-order chi connectivity index (χ0) is 18.6. The first-order valence-corrected chi connectivity index (χ1v) is 8.08. The van der Waals surface area contributed by atoms with Gasteiger partial charge >= 0.3 is 0 Å². The van der Waals surface area contributed by atoms with Crippen LogP contribution in [-0.2, 0) is 11.3 Å². The average Bonchev–Trinajstić information content (AvgIpc) is 3.33. The minimum absolute atomic E-state index is 0.0911. The summed E-state index contributed by atoms with van der Waals surface area (Å²) in [4.78, 5) is 12.1. The van der Waals surface area contributed by atoms with Crippen LogP contribution < -0.4 is 14.8 Å². The highest BCUT2D eigenvalue weighted by atomic mass is 19.1. The summed E-state index contributed by atoms with van der Waals surface area (Å²) in [5, 5.41) is 14.0. The number of tetrazole rings is 1. The molecule has 1 amide bonds. The van der Waals surface area contributed by atoms with Gasteiger partial charge < -0.3 is 14.8 Å². The van der Waals surface area contributed by atoms with Gasteiger partial charge in [0.1, 0.15) is 5.82 Å². The number of carbonyl (C=O) groups is 1. The number of halogens is 1. The number of ether oxygens (including phenoxy) is 2. The van der Waals surface area contributed by atoms with Crippen molar-refractivity contribution in [3.63, 3.8) is 0 Å². The number of hydrogen-bond donors (Lipinski definition) is 1. The first-order chi connectivity index (χ1) is 13.2. The predicted molar refractivity (Wildman–Crippen MR) is 92.6 cm³/mol. The van der Waals surface area contributed by atoms with Crippen molar-refractivity contribution < 1.29 is 18.7 Å². The third-order valence-electron chi connectivity index (χ3n) is 3.83. The summed E-state index contributed by atoms with van der Waals surface area (Å²) in [5.74, 6) is 0.990. The van der Waals surface area contributed by atoms with Crippen LogP contribution in [0.25, 0.3) is 11.8 Å². The second-order valence-corrected chi connectivity index (χ2v) is 5.65. The van der Waals surface area contributed by atoms with Crippen LogP contribution >= 0.6 is 0 Å². The summed E-state index contributed by atoms with van der Waals surface area (Å²) in [7, 11) is 0. The second kappa shape index (κ2) is 7.24. The highest BCUT2D eigenvalue weighted by Crippen LogP contribution is 2.32. The van der Waals surface area contributed by atoms with Gasteiger partial charge in [-0.05, 0) is 52.4 Å². The van der Waals surface area contributed by atoms with Gasteiger partial charge in [-0.15, -0.1) is 5.10 Å². The molecule has 0 bridgehead atoms. The lowest BCUT2D eigenvalue weighted by molar-refractivity contribution is -0.116. The molecular weight excluding hydrogens is 353 g/mol. The molecule has 3 aromatic rings. The fourth-order valence-corrected chi connectivity index (χ4v) is 2.54. The molecule has 27 heavy (non-hydrogen) atoms. The maximum Gasteiger partial charge on any atom is 0.244 e. The Morgan fingerprint density at radius 1 is 1.22 bits per heavy atom. The van der Waals surface area contributed by atoms with Crippen molar-refractivity contribution in [2.24, 2.45) is 0 Å². The van der Waals surface area contributed by atoms with E-state index in [1.807, 2.05) is 6.07 Å². The number of aromatic nitrogens is 4. The molecule has 4 rings (SSSR count). The number of carbonyl (C=O) groups excluding carboxylic acids is 1. The van der Waals surface area contributed by atoms with E-state index in [0.29, 0.717) is 23.0 Å². The lowest BCUT2D eigenvalue weighted by Crippen LogP contribution is -2.22. The van der Waals surface area contributed by atoms with E-state index in [-0.39, 0.29) is 19.2 Å². The van der Waals surface area contributed by atoms with Crippen molar-refractivity contribution in [3.05, 3.63) is 65.7 Å². The molecule has 0 spiro atoms. The van der Waals surface area contributed by atoms with Crippen LogP contribution in [0.1, 0.15) is 11.4 Å². The Labute approximate surface area is 153 Å². The molecule has 1 aliphatic heterocycles. The largest absolute Gasteiger partial charge is 0.454 e. The maximum absolute atomic E-state index is 13.4. The topological polar surface area (TPSA) is 91.2 Å². The number of amides is 1.